The van der Waals surface area contributed by atoms with Gasteiger partial charge in [-0.3, -0.25) is 4.79 Å². The van der Waals surface area contributed by atoms with Gasteiger partial charge in [0.2, 0.25) is 5.91 Å². The lowest BCUT2D eigenvalue weighted by Crippen LogP contribution is -2.52. The predicted molar refractivity (Wildman–Crippen MR) is 63.0 cm³/mol. The van der Waals surface area contributed by atoms with E-state index in [1.807, 2.05) is 0 Å². The topological polar surface area (TPSA) is 78.3 Å². The molecular weight excluding hydrogens is 261 g/mol. The number of ether oxygens (including phenoxy) is 1. The van der Waals surface area contributed by atoms with Crippen LogP contribution in [0.4, 0.5) is 13.2 Å². The zero-order valence-electron chi connectivity index (χ0n) is 10.1. The van der Waals surface area contributed by atoms with Crippen LogP contribution in [0.2, 0.25) is 0 Å². The molecule has 0 aliphatic rings. The molecule has 106 valence electrons. The maximum absolute atomic E-state index is 12.0. The number of hydrogen-bond donors (Lipinski definition) is 2. The fraction of sp³-hybridized carbons (Fsp3) is 0.417. The van der Waals surface area contributed by atoms with Gasteiger partial charge in [0.15, 0.2) is 0 Å². The Morgan fingerprint density at radius 1 is 1.21 bits per heavy atom. The molecule has 7 heteroatoms. The molecule has 0 saturated heterocycles. The summed E-state index contributed by atoms with van der Waals surface area (Å²) in [4.78, 5) is 11.4. The summed E-state index contributed by atoms with van der Waals surface area (Å²) in [7, 11) is 0. The number of amides is 1. The van der Waals surface area contributed by atoms with Gasteiger partial charge in [0, 0.05) is 0 Å². The van der Waals surface area contributed by atoms with Gasteiger partial charge in [-0.2, -0.15) is 13.2 Å². The number of nitrogens with two attached hydrogens (primary N) is 2. The quantitative estimate of drug-likeness (QED) is 0.769. The van der Waals surface area contributed by atoms with Crippen LogP contribution in [0.25, 0.3) is 0 Å². The third-order valence-corrected chi connectivity index (χ3v) is 2.59. The van der Waals surface area contributed by atoms with Crippen LogP contribution in [0, 0.1) is 0 Å². The van der Waals surface area contributed by atoms with Gasteiger partial charge in [-0.25, -0.2) is 0 Å². The van der Waals surface area contributed by atoms with Crippen LogP contribution < -0.4 is 11.5 Å². The third kappa shape index (κ3) is 4.53. The molecule has 1 aromatic rings. The summed E-state index contributed by atoms with van der Waals surface area (Å²) in [5.74, 6) is -0.856. The molecule has 19 heavy (non-hydrogen) atoms. The van der Waals surface area contributed by atoms with Crippen LogP contribution in [0.3, 0.4) is 0 Å². The summed E-state index contributed by atoms with van der Waals surface area (Å²) in [6.45, 7) is -0.967. The Bertz CT molecular complexity index is 423. The van der Waals surface area contributed by atoms with Crippen LogP contribution >= 0.6 is 0 Å². The highest BCUT2D eigenvalue weighted by molar-refractivity contribution is 5.86. The maximum Gasteiger partial charge on any atom is 0.391 e. The molecule has 0 fully saturated rings. The molecule has 1 amide bonds. The SMILES string of the molecule is NC(=O)C(N)(COCCC(F)(F)F)c1ccccc1. The monoisotopic (exact) mass is 276 g/mol. The Morgan fingerprint density at radius 3 is 2.26 bits per heavy atom. The van der Waals surface area contributed by atoms with Gasteiger partial charge < -0.3 is 16.2 Å². The van der Waals surface area contributed by atoms with Crippen molar-refractivity contribution in [2.24, 2.45) is 11.5 Å². The van der Waals surface area contributed by atoms with Crippen LogP contribution in [0.5, 0.6) is 0 Å². The number of halogens is 3. The average molecular weight is 276 g/mol. The second-order valence-electron chi connectivity index (χ2n) is 4.12. The maximum atomic E-state index is 12.0. The van der Waals surface area contributed by atoms with Crippen LogP contribution in [-0.4, -0.2) is 25.3 Å². The molecule has 0 aliphatic heterocycles. The van der Waals surface area contributed by atoms with Crippen molar-refractivity contribution in [1.82, 2.24) is 0 Å². The molecule has 0 aromatic heterocycles. The zero-order chi connectivity index (χ0) is 14.5. The lowest BCUT2D eigenvalue weighted by atomic mass is 9.91. The lowest BCUT2D eigenvalue weighted by Gasteiger charge is -2.26. The Balaban J connectivity index is 2.66. The number of primary amides is 1. The molecule has 4 N–H and O–H groups in total. The summed E-state index contributed by atoms with van der Waals surface area (Å²) in [5.41, 5.74) is 9.80. The largest absolute Gasteiger partial charge is 0.391 e. The minimum atomic E-state index is -4.31. The first-order valence-electron chi connectivity index (χ1n) is 5.54. The van der Waals surface area contributed by atoms with Gasteiger partial charge in [0.05, 0.1) is 19.6 Å². The average Bonchev–Trinajstić information content (AvgIpc) is 2.34. The van der Waals surface area contributed by atoms with Gasteiger partial charge in [0.25, 0.3) is 0 Å². The molecule has 0 bridgehead atoms. The molecule has 1 atom stereocenters. The van der Waals surface area contributed by atoms with E-state index in [-0.39, 0.29) is 0 Å². The highest BCUT2D eigenvalue weighted by Gasteiger charge is 2.35. The van der Waals surface area contributed by atoms with E-state index < -0.39 is 37.3 Å². The Kier molecular flexibility index (Phi) is 4.90. The fourth-order valence-electron chi connectivity index (χ4n) is 1.45. The van der Waals surface area contributed by atoms with E-state index in [9.17, 15) is 18.0 Å². The molecule has 0 radical (unpaired) electrons. The lowest BCUT2D eigenvalue weighted by molar-refractivity contribution is -0.147. The number of carbonyl (C=O) groups excluding carboxylic acids is 1. The Hall–Kier alpha value is -1.60. The van der Waals surface area contributed by atoms with Crippen LogP contribution in [0.15, 0.2) is 30.3 Å². The van der Waals surface area contributed by atoms with Crippen molar-refractivity contribution in [2.75, 3.05) is 13.2 Å². The van der Waals surface area contributed by atoms with E-state index in [0.717, 1.165) is 0 Å². The Morgan fingerprint density at radius 2 is 1.79 bits per heavy atom. The number of carbonyl (C=O) groups is 1. The first-order valence-corrected chi connectivity index (χ1v) is 5.54. The normalized spacial score (nSPS) is 14.9. The summed E-state index contributed by atoms with van der Waals surface area (Å²) in [6, 6.07) is 8.15. The summed E-state index contributed by atoms with van der Waals surface area (Å²) in [5, 5.41) is 0. The molecule has 1 aromatic carbocycles. The number of alkyl halides is 3. The minimum Gasteiger partial charge on any atom is -0.378 e. The van der Waals surface area contributed by atoms with Crippen molar-refractivity contribution in [3.05, 3.63) is 35.9 Å². The number of benzene rings is 1. The molecule has 0 saturated carbocycles. The predicted octanol–water partition coefficient (Wildman–Crippen LogP) is 1.29. The van der Waals surface area contributed by atoms with E-state index in [1.54, 1.807) is 30.3 Å². The zero-order valence-corrected chi connectivity index (χ0v) is 10.1. The van der Waals surface area contributed by atoms with Crippen LogP contribution in [0.1, 0.15) is 12.0 Å². The minimum absolute atomic E-state index is 0.398. The van der Waals surface area contributed by atoms with Crippen molar-refractivity contribution in [3.63, 3.8) is 0 Å². The molecule has 0 heterocycles. The second kappa shape index (κ2) is 6.03. The van der Waals surface area contributed by atoms with E-state index in [0.29, 0.717) is 5.56 Å². The first kappa shape index (κ1) is 15.5. The van der Waals surface area contributed by atoms with Crippen molar-refractivity contribution in [3.8, 4) is 0 Å². The van der Waals surface area contributed by atoms with Gasteiger partial charge in [-0.15, -0.1) is 0 Å². The van der Waals surface area contributed by atoms with Gasteiger partial charge in [-0.05, 0) is 5.56 Å². The smallest absolute Gasteiger partial charge is 0.378 e. The standard InChI is InChI=1S/C12H15F3N2O2/c13-12(14,15)6-7-19-8-11(17,10(16)18)9-4-2-1-3-5-9/h1-5H,6-8,17H2,(H2,16,18). The first-order chi connectivity index (χ1) is 8.76. The van der Waals surface area contributed by atoms with Crippen molar-refractivity contribution >= 4 is 5.91 Å². The van der Waals surface area contributed by atoms with Gasteiger partial charge >= 0.3 is 6.18 Å². The van der Waals surface area contributed by atoms with E-state index in [1.165, 1.54) is 0 Å². The summed E-state index contributed by atoms with van der Waals surface area (Å²) >= 11 is 0. The molecule has 4 nitrogen and oxygen atoms in total. The fourth-order valence-corrected chi connectivity index (χ4v) is 1.45. The summed E-state index contributed by atoms with van der Waals surface area (Å²) in [6.07, 6.45) is -5.41. The highest BCUT2D eigenvalue weighted by atomic mass is 19.4. The van der Waals surface area contributed by atoms with E-state index >= 15 is 0 Å². The number of hydrogen-bond acceptors (Lipinski definition) is 3. The molecular formula is C12H15F3N2O2. The Labute approximate surface area is 108 Å². The highest BCUT2D eigenvalue weighted by Crippen LogP contribution is 2.21. The van der Waals surface area contributed by atoms with Gasteiger partial charge in [-0.1, -0.05) is 30.3 Å². The summed E-state index contributed by atoms with van der Waals surface area (Å²) < 4.78 is 40.7. The third-order valence-electron chi connectivity index (χ3n) is 2.59. The molecule has 0 aliphatic carbocycles. The molecule has 1 rings (SSSR count). The van der Waals surface area contributed by atoms with E-state index in [4.69, 9.17) is 16.2 Å². The molecule has 1 unspecified atom stereocenters. The van der Waals surface area contributed by atoms with Crippen molar-refractivity contribution < 1.29 is 22.7 Å². The van der Waals surface area contributed by atoms with Crippen LogP contribution in [-0.2, 0) is 15.1 Å². The van der Waals surface area contributed by atoms with Gasteiger partial charge in [0.1, 0.15) is 5.54 Å². The van der Waals surface area contributed by atoms with Crippen molar-refractivity contribution in [1.29, 1.82) is 0 Å². The number of rotatable bonds is 6. The van der Waals surface area contributed by atoms with E-state index in [2.05, 4.69) is 0 Å². The van der Waals surface area contributed by atoms with Crippen molar-refractivity contribution in [2.45, 2.75) is 18.1 Å². The molecule has 0 spiro atoms. The second-order valence-corrected chi connectivity index (χ2v) is 4.12.